The van der Waals surface area contributed by atoms with Gasteiger partial charge in [0.05, 0.1) is 16.4 Å². The maximum atomic E-state index is 12.3. The fraction of sp³-hybridized carbons (Fsp3) is 0. The van der Waals surface area contributed by atoms with E-state index < -0.39 is 0 Å². The van der Waals surface area contributed by atoms with Crippen molar-refractivity contribution in [1.29, 1.82) is 0 Å². The van der Waals surface area contributed by atoms with Gasteiger partial charge in [-0.15, -0.1) is 0 Å². The maximum absolute atomic E-state index is 12.3. The van der Waals surface area contributed by atoms with Crippen LogP contribution in [0.2, 0.25) is 5.02 Å². The quantitative estimate of drug-likeness (QED) is 0.558. The number of rotatable bonds is 5. The summed E-state index contributed by atoms with van der Waals surface area (Å²) in [4.78, 5) is 19.8. The first-order chi connectivity index (χ1) is 12.0. The summed E-state index contributed by atoms with van der Waals surface area (Å²) in [5.41, 5.74) is 2.50. The molecule has 0 aliphatic rings. The van der Waals surface area contributed by atoms with E-state index in [9.17, 15) is 4.79 Å². The van der Waals surface area contributed by atoms with Crippen molar-refractivity contribution in [2.45, 2.75) is 0 Å². The van der Waals surface area contributed by atoms with Crippen LogP contribution in [0.3, 0.4) is 0 Å². The van der Waals surface area contributed by atoms with E-state index in [-0.39, 0.29) is 5.91 Å². The number of carbonyl (C=O) groups excluding carboxylic acids is 1. The first-order valence-corrected chi connectivity index (χ1v) is 8.36. The molecule has 25 heavy (non-hydrogen) atoms. The number of hydrogen-bond donors (Lipinski definition) is 3. The number of aromatic nitrogens is 4. The summed E-state index contributed by atoms with van der Waals surface area (Å²) in [5.74, 6) is 0.630. The van der Waals surface area contributed by atoms with Gasteiger partial charge in [-0.05, 0) is 46.3 Å². The van der Waals surface area contributed by atoms with E-state index in [0.29, 0.717) is 33.6 Å². The molecule has 0 radical (unpaired) electrons. The topological polar surface area (TPSA) is 86.5 Å². The third kappa shape index (κ3) is 3.57. The van der Waals surface area contributed by atoms with Gasteiger partial charge in [0.15, 0.2) is 11.6 Å². The van der Waals surface area contributed by atoms with Crippen molar-refractivity contribution in [2.75, 3.05) is 5.32 Å². The van der Waals surface area contributed by atoms with Crippen molar-refractivity contribution >= 4 is 51.4 Å². The Balaban J connectivity index is 1.80. The fourth-order valence-corrected chi connectivity index (χ4v) is 2.60. The van der Waals surface area contributed by atoms with Gasteiger partial charge in [-0.25, -0.2) is 4.98 Å². The molecule has 0 saturated carbocycles. The van der Waals surface area contributed by atoms with E-state index >= 15 is 0 Å². The van der Waals surface area contributed by atoms with Gasteiger partial charge in [-0.3, -0.25) is 9.89 Å². The molecule has 3 rings (SSSR count). The molecule has 3 N–H and O–H groups in total. The third-order valence-electron chi connectivity index (χ3n) is 3.42. The van der Waals surface area contributed by atoms with Crippen LogP contribution in [-0.4, -0.2) is 26.1 Å². The predicted molar refractivity (Wildman–Crippen MR) is 103 cm³/mol. The molecule has 0 unspecified atom stereocenters. The van der Waals surface area contributed by atoms with E-state index in [1.807, 2.05) is 0 Å². The second-order valence-electron chi connectivity index (χ2n) is 5.04. The molecular formula is C17H13BrClN5O. The van der Waals surface area contributed by atoms with Gasteiger partial charge in [0.1, 0.15) is 5.69 Å². The van der Waals surface area contributed by atoms with Crippen LogP contribution in [0.25, 0.3) is 23.7 Å². The Labute approximate surface area is 157 Å². The van der Waals surface area contributed by atoms with Crippen molar-refractivity contribution in [3.8, 4) is 11.5 Å². The largest absolute Gasteiger partial charge is 0.337 e. The number of aromatic amines is 2. The van der Waals surface area contributed by atoms with E-state index in [1.165, 1.54) is 0 Å². The average Bonchev–Trinajstić information content (AvgIpc) is 3.23. The highest BCUT2D eigenvalue weighted by molar-refractivity contribution is 9.10. The molecule has 8 heteroatoms. The van der Waals surface area contributed by atoms with Crippen LogP contribution in [0.15, 0.2) is 41.9 Å². The lowest BCUT2D eigenvalue weighted by atomic mass is 10.2. The molecule has 0 bridgehead atoms. The zero-order valence-electron chi connectivity index (χ0n) is 12.9. The molecule has 6 nitrogen and oxygen atoms in total. The molecule has 3 aromatic rings. The molecular weight excluding hydrogens is 406 g/mol. The first-order valence-electron chi connectivity index (χ1n) is 7.19. The Hall–Kier alpha value is -2.64. The maximum Gasteiger partial charge on any atom is 0.256 e. The summed E-state index contributed by atoms with van der Waals surface area (Å²) in [6.45, 7) is 7.43. The molecule has 2 heterocycles. The van der Waals surface area contributed by atoms with Gasteiger partial charge in [0.2, 0.25) is 0 Å². The highest BCUT2D eigenvalue weighted by Crippen LogP contribution is 2.24. The minimum absolute atomic E-state index is 0.314. The molecule has 0 spiro atoms. The van der Waals surface area contributed by atoms with Crippen molar-refractivity contribution in [3.63, 3.8) is 0 Å². The van der Waals surface area contributed by atoms with Crippen LogP contribution < -0.4 is 5.32 Å². The third-order valence-corrected chi connectivity index (χ3v) is 4.65. The van der Waals surface area contributed by atoms with Crippen LogP contribution in [0.4, 0.5) is 5.82 Å². The lowest BCUT2D eigenvalue weighted by Gasteiger charge is -2.03. The minimum Gasteiger partial charge on any atom is -0.337 e. The summed E-state index contributed by atoms with van der Waals surface area (Å²) in [5, 5.41) is 10.1. The smallest absolute Gasteiger partial charge is 0.256 e. The Morgan fingerprint density at radius 1 is 1.28 bits per heavy atom. The molecule has 2 aromatic heterocycles. The average molecular weight is 419 g/mol. The monoisotopic (exact) mass is 417 g/mol. The van der Waals surface area contributed by atoms with Crippen molar-refractivity contribution < 1.29 is 4.79 Å². The highest BCUT2D eigenvalue weighted by Gasteiger charge is 2.13. The SMILES string of the molecule is C=Cc1nc(-c2cc(NC(=O)c3ccc(Br)c(Cl)c3)n[nH]2)[nH]c1C=C. The van der Waals surface area contributed by atoms with Gasteiger partial charge in [-0.2, -0.15) is 5.10 Å². The van der Waals surface area contributed by atoms with E-state index in [4.69, 9.17) is 11.6 Å². The number of imidazole rings is 1. The Bertz CT molecular complexity index is 950. The summed E-state index contributed by atoms with van der Waals surface area (Å²) in [6.07, 6.45) is 3.29. The molecule has 0 aliphatic heterocycles. The highest BCUT2D eigenvalue weighted by atomic mass is 79.9. The Kier molecular flexibility index (Phi) is 4.87. The molecule has 126 valence electrons. The number of hydrogen-bond acceptors (Lipinski definition) is 3. The number of halogens is 2. The Morgan fingerprint density at radius 2 is 2.08 bits per heavy atom. The van der Waals surface area contributed by atoms with Gasteiger partial charge < -0.3 is 10.3 Å². The number of carbonyl (C=O) groups is 1. The van der Waals surface area contributed by atoms with Gasteiger partial charge in [0.25, 0.3) is 5.91 Å². The fourth-order valence-electron chi connectivity index (χ4n) is 2.17. The van der Waals surface area contributed by atoms with Crippen LogP contribution in [0, 0.1) is 0 Å². The van der Waals surface area contributed by atoms with Gasteiger partial charge in [-0.1, -0.05) is 24.8 Å². The standard InChI is InChI=1S/C17H13BrClN5O/c1-3-12-13(4-2)21-16(20-12)14-8-15(24-23-14)22-17(25)9-5-6-10(18)11(19)7-9/h3-8H,1-2H2,(H,20,21)(H2,22,23,24,25). The minimum atomic E-state index is -0.314. The van der Waals surface area contributed by atoms with Gasteiger partial charge in [0, 0.05) is 16.1 Å². The van der Waals surface area contributed by atoms with E-state index in [1.54, 1.807) is 36.4 Å². The van der Waals surface area contributed by atoms with Crippen LogP contribution in [0.5, 0.6) is 0 Å². The number of H-pyrrole nitrogens is 2. The number of amides is 1. The molecule has 0 saturated heterocycles. The number of benzene rings is 1. The molecule has 0 fully saturated rings. The summed E-state index contributed by atoms with van der Waals surface area (Å²) in [7, 11) is 0. The van der Waals surface area contributed by atoms with Gasteiger partial charge >= 0.3 is 0 Å². The van der Waals surface area contributed by atoms with E-state index in [2.05, 4.69) is 54.6 Å². The molecule has 0 atom stereocenters. The van der Waals surface area contributed by atoms with Crippen LogP contribution >= 0.6 is 27.5 Å². The summed E-state index contributed by atoms with van der Waals surface area (Å²) < 4.78 is 0.724. The second kappa shape index (κ2) is 7.08. The zero-order valence-corrected chi connectivity index (χ0v) is 15.3. The molecule has 0 aliphatic carbocycles. The lowest BCUT2D eigenvalue weighted by molar-refractivity contribution is 0.102. The number of nitrogens with zero attached hydrogens (tertiary/aromatic N) is 2. The van der Waals surface area contributed by atoms with Crippen LogP contribution in [-0.2, 0) is 0 Å². The summed E-state index contributed by atoms with van der Waals surface area (Å²) >= 11 is 9.30. The zero-order chi connectivity index (χ0) is 18.0. The van der Waals surface area contributed by atoms with Crippen molar-refractivity contribution in [2.24, 2.45) is 0 Å². The van der Waals surface area contributed by atoms with Crippen molar-refractivity contribution in [3.05, 3.63) is 63.9 Å². The number of nitrogens with one attached hydrogen (secondary N) is 3. The normalized spacial score (nSPS) is 10.5. The molecule has 1 amide bonds. The number of anilines is 1. The lowest BCUT2D eigenvalue weighted by Crippen LogP contribution is -2.12. The van der Waals surface area contributed by atoms with Crippen molar-refractivity contribution in [1.82, 2.24) is 20.2 Å². The van der Waals surface area contributed by atoms with E-state index in [0.717, 1.165) is 10.2 Å². The molecule has 1 aromatic carbocycles. The first kappa shape index (κ1) is 17.2. The van der Waals surface area contributed by atoms with Crippen LogP contribution in [0.1, 0.15) is 21.7 Å². The Morgan fingerprint density at radius 3 is 2.72 bits per heavy atom. The summed E-state index contributed by atoms with van der Waals surface area (Å²) in [6, 6.07) is 6.63. The predicted octanol–water partition coefficient (Wildman–Crippen LogP) is 4.75. The second-order valence-corrected chi connectivity index (χ2v) is 6.30.